The molecule has 168 valence electrons. The van der Waals surface area contributed by atoms with Gasteiger partial charge in [0.1, 0.15) is 5.82 Å². The number of nitrogens with zero attached hydrogens (tertiary/aromatic N) is 1. The molecule has 1 heterocycles. The van der Waals surface area contributed by atoms with E-state index in [4.69, 9.17) is 11.6 Å². The maximum atomic E-state index is 14.6. The average molecular weight is 467 g/mol. The second-order valence-corrected chi connectivity index (χ2v) is 10.8. The minimum absolute atomic E-state index is 0.0209. The van der Waals surface area contributed by atoms with Crippen LogP contribution < -0.4 is 5.32 Å². The predicted molar refractivity (Wildman–Crippen MR) is 121 cm³/mol. The van der Waals surface area contributed by atoms with Crippen molar-refractivity contribution >= 4 is 27.3 Å². The van der Waals surface area contributed by atoms with Gasteiger partial charge in [0.25, 0.3) is 5.91 Å². The van der Waals surface area contributed by atoms with Crippen LogP contribution in [0, 0.1) is 11.7 Å². The van der Waals surface area contributed by atoms with Crippen LogP contribution in [0.25, 0.3) is 0 Å². The molecule has 1 aliphatic rings. The summed E-state index contributed by atoms with van der Waals surface area (Å²) in [5.41, 5.74) is 1.23. The molecule has 0 bridgehead atoms. The van der Waals surface area contributed by atoms with Crippen molar-refractivity contribution in [1.82, 2.24) is 10.2 Å². The highest BCUT2D eigenvalue weighted by Crippen LogP contribution is 2.24. The van der Waals surface area contributed by atoms with Crippen molar-refractivity contribution in [2.24, 2.45) is 5.92 Å². The van der Waals surface area contributed by atoms with Crippen LogP contribution in [0.2, 0.25) is 5.02 Å². The molecule has 31 heavy (non-hydrogen) atoms. The maximum Gasteiger partial charge on any atom is 0.251 e. The standard InChI is InChI=1S/C23H28ClFN2O3S/c1-3-31(29,30)22-7-6-20(24)13-19(22)15-26-23(28)18-5-4-17(21(25)14-18)12-16-8-10-27(2)11-9-16/h4-7,13-14,16H,3,8-12,15H2,1-2H3,(H,26,28). The van der Waals surface area contributed by atoms with E-state index in [9.17, 15) is 17.6 Å². The topological polar surface area (TPSA) is 66.5 Å². The molecule has 0 aliphatic carbocycles. The van der Waals surface area contributed by atoms with Gasteiger partial charge in [-0.3, -0.25) is 4.79 Å². The van der Waals surface area contributed by atoms with Crippen LogP contribution in [0.15, 0.2) is 41.3 Å². The third-order valence-corrected chi connectivity index (χ3v) is 7.90. The van der Waals surface area contributed by atoms with Crippen LogP contribution in [0.5, 0.6) is 0 Å². The first-order valence-corrected chi connectivity index (χ1v) is 12.5. The highest BCUT2D eigenvalue weighted by molar-refractivity contribution is 7.91. The summed E-state index contributed by atoms with van der Waals surface area (Å²) in [4.78, 5) is 15.0. The highest BCUT2D eigenvalue weighted by Gasteiger charge is 2.20. The van der Waals surface area contributed by atoms with Crippen molar-refractivity contribution in [2.75, 3.05) is 25.9 Å². The van der Waals surface area contributed by atoms with Gasteiger partial charge in [0.05, 0.1) is 10.6 Å². The Morgan fingerprint density at radius 1 is 1.16 bits per heavy atom. The fourth-order valence-corrected chi connectivity index (χ4v) is 5.17. The number of carbonyl (C=O) groups excluding carboxylic acids is 1. The van der Waals surface area contributed by atoms with Crippen LogP contribution in [0.1, 0.15) is 41.3 Å². The first-order valence-electron chi connectivity index (χ1n) is 10.5. The molecule has 1 amide bonds. The van der Waals surface area contributed by atoms with Gasteiger partial charge in [0.15, 0.2) is 9.84 Å². The lowest BCUT2D eigenvalue weighted by Crippen LogP contribution is -2.31. The summed E-state index contributed by atoms with van der Waals surface area (Å²) in [6, 6.07) is 9.02. The Kier molecular flexibility index (Phi) is 7.73. The van der Waals surface area contributed by atoms with Crippen LogP contribution in [-0.2, 0) is 22.8 Å². The first kappa shape index (κ1) is 23.7. The van der Waals surface area contributed by atoms with Gasteiger partial charge in [-0.1, -0.05) is 24.6 Å². The van der Waals surface area contributed by atoms with Crippen molar-refractivity contribution in [3.05, 3.63) is 63.9 Å². The van der Waals surface area contributed by atoms with Gasteiger partial charge in [0, 0.05) is 17.1 Å². The molecule has 0 atom stereocenters. The summed E-state index contributed by atoms with van der Waals surface area (Å²) in [6.45, 7) is 3.58. The van der Waals surface area contributed by atoms with Crippen molar-refractivity contribution < 1.29 is 17.6 Å². The van der Waals surface area contributed by atoms with E-state index in [2.05, 4.69) is 17.3 Å². The molecule has 2 aromatic carbocycles. The first-order chi connectivity index (χ1) is 14.7. The molecule has 0 aromatic heterocycles. The van der Waals surface area contributed by atoms with E-state index in [0.29, 0.717) is 28.5 Å². The third-order valence-electron chi connectivity index (χ3n) is 5.84. The smallest absolute Gasteiger partial charge is 0.251 e. The van der Waals surface area contributed by atoms with E-state index < -0.39 is 15.7 Å². The molecule has 0 spiro atoms. The number of likely N-dealkylation sites (tertiary alicyclic amines) is 1. The fourth-order valence-electron chi connectivity index (χ4n) is 3.85. The number of sulfone groups is 1. The molecular weight excluding hydrogens is 439 g/mol. The molecule has 1 aliphatic heterocycles. The molecule has 0 radical (unpaired) electrons. The van der Waals surface area contributed by atoms with Crippen LogP contribution in [-0.4, -0.2) is 45.1 Å². The number of nitrogens with one attached hydrogen (secondary N) is 1. The van der Waals surface area contributed by atoms with Crippen LogP contribution in [0.4, 0.5) is 4.39 Å². The van der Waals surface area contributed by atoms with E-state index in [1.54, 1.807) is 19.1 Å². The molecular formula is C23H28ClFN2O3S. The van der Waals surface area contributed by atoms with Crippen molar-refractivity contribution in [1.29, 1.82) is 0 Å². The number of piperidine rings is 1. The molecule has 1 fully saturated rings. The normalized spacial score (nSPS) is 15.7. The Balaban J connectivity index is 1.68. The van der Waals surface area contributed by atoms with Crippen LogP contribution >= 0.6 is 11.6 Å². The van der Waals surface area contributed by atoms with Gasteiger partial charge in [-0.05, 0) is 86.8 Å². The van der Waals surface area contributed by atoms with E-state index in [0.717, 1.165) is 25.9 Å². The largest absolute Gasteiger partial charge is 0.348 e. The minimum Gasteiger partial charge on any atom is -0.348 e. The Bertz CT molecular complexity index is 1050. The second-order valence-electron chi connectivity index (χ2n) is 8.10. The second kappa shape index (κ2) is 10.1. The Morgan fingerprint density at radius 3 is 2.52 bits per heavy atom. The van der Waals surface area contributed by atoms with Crippen molar-refractivity contribution in [3.63, 3.8) is 0 Å². The highest BCUT2D eigenvalue weighted by atomic mass is 35.5. The number of amides is 1. The lowest BCUT2D eigenvalue weighted by atomic mass is 9.90. The van der Waals surface area contributed by atoms with E-state index in [1.165, 1.54) is 24.3 Å². The Morgan fingerprint density at radius 2 is 1.87 bits per heavy atom. The third kappa shape index (κ3) is 6.05. The van der Waals surface area contributed by atoms with Crippen molar-refractivity contribution in [2.45, 2.75) is 37.6 Å². The van der Waals surface area contributed by atoms with Gasteiger partial charge < -0.3 is 10.2 Å². The molecule has 2 aromatic rings. The van der Waals surface area contributed by atoms with Crippen LogP contribution in [0.3, 0.4) is 0 Å². The number of carbonyl (C=O) groups is 1. The molecule has 1 saturated heterocycles. The number of halogens is 2. The Hall–Kier alpha value is -1.96. The lowest BCUT2D eigenvalue weighted by Gasteiger charge is -2.29. The molecule has 0 unspecified atom stereocenters. The molecule has 8 heteroatoms. The fraction of sp³-hybridized carbons (Fsp3) is 0.435. The summed E-state index contributed by atoms with van der Waals surface area (Å²) in [5.74, 6) is -0.459. The maximum absolute atomic E-state index is 14.6. The monoisotopic (exact) mass is 466 g/mol. The SMILES string of the molecule is CCS(=O)(=O)c1ccc(Cl)cc1CNC(=O)c1ccc(CC2CCN(C)CC2)c(F)c1. The van der Waals surface area contributed by atoms with Gasteiger partial charge in [-0.25, -0.2) is 12.8 Å². The minimum atomic E-state index is -3.46. The zero-order valence-corrected chi connectivity index (χ0v) is 19.4. The molecule has 3 rings (SSSR count). The predicted octanol–water partition coefficient (Wildman–Crippen LogP) is 4.09. The number of hydrogen-bond donors (Lipinski definition) is 1. The van der Waals surface area contributed by atoms with E-state index in [1.807, 2.05) is 0 Å². The van der Waals surface area contributed by atoms with Gasteiger partial charge in [0.2, 0.25) is 0 Å². The quantitative estimate of drug-likeness (QED) is 0.667. The lowest BCUT2D eigenvalue weighted by molar-refractivity contribution is 0.0950. The zero-order valence-electron chi connectivity index (χ0n) is 17.8. The van der Waals surface area contributed by atoms with E-state index in [-0.39, 0.29) is 28.6 Å². The summed E-state index contributed by atoms with van der Waals surface area (Å²) in [7, 11) is -1.37. The number of benzene rings is 2. The molecule has 0 saturated carbocycles. The molecule has 1 N–H and O–H groups in total. The summed E-state index contributed by atoms with van der Waals surface area (Å²) in [5, 5.41) is 3.06. The average Bonchev–Trinajstić information content (AvgIpc) is 2.74. The number of rotatable bonds is 7. The number of hydrogen-bond acceptors (Lipinski definition) is 4. The summed E-state index contributed by atoms with van der Waals surface area (Å²) in [6.07, 6.45) is 2.75. The zero-order chi connectivity index (χ0) is 22.6. The molecule has 5 nitrogen and oxygen atoms in total. The van der Waals surface area contributed by atoms with Crippen molar-refractivity contribution in [3.8, 4) is 0 Å². The Labute approximate surface area is 188 Å². The van der Waals surface area contributed by atoms with Gasteiger partial charge in [-0.15, -0.1) is 0 Å². The van der Waals surface area contributed by atoms with Gasteiger partial charge >= 0.3 is 0 Å². The summed E-state index contributed by atoms with van der Waals surface area (Å²) >= 11 is 6.01. The summed E-state index contributed by atoms with van der Waals surface area (Å²) < 4.78 is 39.2. The van der Waals surface area contributed by atoms with Gasteiger partial charge in [-0.2, -0.15) is 0 Å². The van der Waals surface area contributed by atoms with E-state index >= 15 is 0 Å².